The zero-order chi connectivity index (χ0) is 12.4. The quantitative estimate of drug-likeness (QED) is 0.883. The number of amides is 1. The molecule has 2 aliphatic rings. The number of carbonyl (C=O) groups excluding carboxylic acids is 1. The molecule has 2 heterocycles. The molecule has 0 spiro atoms. The van der Waals surface area contributed by atoms with Crippen molar-refractivity contribution >= 4 is 5.91 Å². The van der Waals surface area contributed by atoms with Crippen LogP contribution in [0.2, 0.25) is 0 Å². The van der Waals surface area contributed by atoms with E-state index in [4.69, 9.17) is 4.42 Å². The first-order valence-electron chi connectivity index (χ1n) is 6.86. The van der Waals surface area contributed by atoms with Gasteiger partial charge in [0.2, 0.25) is 5.91 Å². The first-order valence-corrected chi connectivity index (χ1v) is 6.86. The number of carbonyl (C=O) groups is 1. The lowest BCUT2D eigenvalue weighted by Gasteiger charge is -2.32. The highest BCUT2D eigenvalue weighted by atomic mass is 16.3. The van der Waals surface area contributed by atoms with Crippen LogP contribution in [0, 0.1) is 5.92 Å². The smallest absolute Gasteiger partial charge is 0.225 e. The predicted octanol–water partition coefficient (Wildman–Crippen LogP) is 1.77. The molecule has 1 aromatic heterocycles. The van der Waals surface area contributed by atoms with Crippen molar-refractivity contribution in [1.82, 2.24) is 10.2 Å². The lowest BCUT2D eigenvalue weighted by molar-refractivity contribution is -0.133. The Kier molecular flexibility index (Phi) is 3.37. The van der Waals surface area contributed by atoms with Gasteiger partial charge in [-0.15, -0.1) is 0 Å². The second kappa shape index (κ2) is 5.14. The van der Waals surface area contributed by atoms with Gasteiger partial charge in [-0.25, -0.2) is 0 Å². The summed E-state index contributed by atoms with van der Waals surface area (Å²) in [6.45, 7) is 2.69. The number of hydrogen-bond donors (Lipinski definition) is 1. The van der Waals surface area contributed by atoms with Gasteiger partial charge < -0.3 is 14.6 Å². The lowest BCUT2D eigenvalue weighted by Crippen LogP contribution is -2.45. The van der Waals surface area contributed by atoms with Crippen molar-refractivity contribution in [3.05, 3.63) is 24.2 Å². The van der Waals surface area contributed by atoms with E-state index in [1.54, 1.807) is 12.5 Å². The van der Waals surface area contributed by atoms with E-state index in [0.29, 0.717) is 17.9 Å². The molecule has 1 aromatic rings. The van der Waals surface area contributed by atoms with Crippen LogP contribution in [0.15, 0.2) is 23.0 Å². The normalized spacial score (nSPS) is 21.2. The molecule has 1 N–H and O–H groups in total. The SMILES string of the molecule is O=C(C1CC1)N1CCC(NCc2ccoc2)CC1. The van der Waals surface area contributed by atoms with E-state index in [0.717, 1.165) is 45.3 Å². The minimum Gasteiger partial charge on any atom is -0.472 e. The molecule has 0 radical (unpaired) electrons. The molecule has 1 amide bonds. The third-order valence-corrected chi connectivity index (χ3v) is 3.91. The van der Waals surface area contributed by atoms with Crippen molar-refractivity contribution in [1.29, 1.82) is 0 Å². The number of nitrogens with zero attached hydrogens (tertiary/aromatic N) is 1. The van der Waals surface area contributed by atoms with Crippen molar-refractivity contribution in [2.45, 2.75) is 38.3 Å². The van der Waals surface area contributed by atoms with Crippen LogP contribution in [0.25, 0.3) is 0 Å². The zero-order valence-electron chi connectivity index (χ0n) is 10.6. The Hall–Kier alpha value is -1.29. The third kappa shape index (κ3) is 2.75. The summed E-state index contributed by atoms with van der Waals surface area (Å²) in [4.78, 5) is 14.0. The van der Waals surface area contributed by atoms with Crippen LogP contribution in [0.5, 0.6) is 0 Å². The van der Waals surface area contributed by atoms with Crippen LogP contribution in [0.4, 0.5) is 0 Å². The summed E-state index contributed by atoms with van der Waals surface area (Å²) in [5, 5.41) is 3.53. The number of hydrogen-bond acceptors (Lipinski definition) is 3. The summed E-state index contributed by atoms with van der Waals surface area (Å²) in [5.74, 6) is 0.753. The molecule has 2 fully saturated rings. The van der Waals surface area contributed by atoms with Crippen LogP contribution < -0.4 is 5.32 Å². The van der Waals surface area contributed by atoms with Gasteiger partial charge in [0, 0.05) is 37.2 Å². The summed E-state index contributed by atoms with van der Waals surface area (Å²) >= 11 is 0. The molecule has 3 rings (SSSR count). The Morgan fingerprint density at radius 3 is 2.72 bits per heavy atom. The largest absolute Gasteiger partial charge is 0.472 e. The summed E-state index contributed by atoms with van der Waals surface area (Å²) < 4.78 is 5.04. The minimum absolute atomic E-state index is 0.362. The molecule has 1 aliphatic heterocycles. The molecule has 4 nitrogen and oxygen atoms in total. The monoisotopic (exact) mass is 248 g/mol. The third-order valence-electron chi connectivity index (χ3n) is 3.91. The zero-order valence-corrected chi connectivity index (χ0v) is 10.6. The van der Waals surface area contributed by atoms with Gasteiger partial charge in [-0.2, -0.15) is 0 Å². The number of nitrogens with one attached hydrogen (secondary N) is 1. The fourth-order valence-corrected chi connectivity index (χ4v) is 2.55. The molecule has 1 saturated carbocycles. The molecule has 18 heavy (non-hydrogen) atoms. The number of piperidine rings is 1. The topological polar surface area (TPSA) is 45.5 Å². The van der Waals surface area contributed by atoms with Gasteiger partial charge in [0.15, 0.2) is 0 Å². The molecule has 0 atom stereocenters. The summed E-state index contributed by atoms with van der Waals surface area (Å²) in [7, 11) is 0. The summed E-state index contributed by atoms with van der Waals surface area (Å²) in [6, 6.07) is 2.52. The molecule has 0 aromatic carbocycles. The van der Waals surface area contributed by atoms with Crippen molar-refractivity contribution in [2.24, 2.45) is 5.92 Å². The lowest BCUT2D eigenvalue weighted by atomic mass is 10.0. The van der Waals surface area contributed by atoms with E-state index in [2.05, 4.69) is 5.32 Å². The van der Waals surface area contributed by atoms with Gasteiger partial charge in [-0.3, -0.25) is 4.79 Å². The molecule has 1 aliphatic carbocycles. The van der Waals surface area contributed by atoms with E-state index in [1.165, 1.54) is 5.56 Å². The van der Waals surface area contributed by atoms with Gasteiger partial charge in [0.1, 0.15) is 0 Å². The van der Waals surface area contributed by atoms with Gasteiger partial charge in [0.05, 0.1) is 12.5 Å². The van der Waals surface area contributed by atoms with E-state index >= 15 is 0 Å². The van der Waals surface area contributed by atoms with Crippen molar-refractivity contribution in [3.63, 3.8) is 0 Å². The maximum atomic E-state index is 11.9. The second-order valence-electron chi connectivity index (χ2n) is 5.39. The van der Waals surface area contributed by atoms with Crippen LogP contribution in [0.3, 0.4) is 0 Å². The number of likely N-dealkylation sites (tertiary alicyclic amines) is 1. The number of furan rings is 1. The molecular formula is C14H20N2O2. The fraction of sp³-hybridized carbons (Fsp3) is 0.643. The predicted molar refractivity (Wildman–Crippen MR) is 67.9 cm³/mol. The Balaban J connectivity index is 1.41. The number of rotatable bonds is 4. The second-order valence-corrected chi connectivity index (χ2v) is 5.39. The molecule has 4 heteroatoms. The van der Waals surface area contributed by atoms with Crippen molar-refractivity contribution < 1.29 is 9.21 Å². The van der Waals surface area contributed by atoms with Gasteiger partial charge in [-0.1, -0.05) is 0 Å². The van der Waals surface area contributed by atoms with E-state index < -0.39 is 0 Å². The van der Waals surface area contributed by atoms with Crippen LogP contribution in [-0.4, -0.2) is 29.9 Å². The average molecular weight is 248 g/mol. The Morgan fingerprint density at radius 2 is 2.11 bits per heavy atom. The van der Waals surface area contributed by atoms with Crippen molar-refractivity contribution in [3.8, 4) is 0 Å². The van der Waals surface area contributed by atoms with Gasteiger partial charge in [0.25, 0.3) is 0 Å². The average Bonchev–Trinajstić information content (AvgIpc) is 3.13. The van der Waals surface area contributed by atoms with Crippen LogP contribution in [0.1, 0.15) is 31.2 Å². The first-order chi connectivity index (χ1) is 8.83. The maximum Gasteiger partial charge on any atom is 0.225 e. The standard InChI is InChI=1S/C14H20N2O2/c17-14(12-1-2-12)16-6-3-13(4-7-16)15-9-11-5-8-18-10-11/h5,8,10,12-13,15H,1-4,6-7,9H2. The molecule has 98 valence electrons. The summed E-state index contributed by atoms with van der Waals surface area (Å²) in [5.41, 5.74) is 1.19. The van der Waals surface area contributed by atoms with Crippen LogP contribution >= 0.6 is 0 Å². The van der Waals surface area contributed by atoms with E-state index in [1.807, 2.05) is 11.0 Å². The molecular weight excluding hydrogens is 228 g/mol. The highest BCUT2D eigenvalue weighted by molar-refractivity contribution is 5.81. The minimum atomic E-state index is 0.362. The summed E-state index contributed by atoms with van der Waals surface area (Å²) in [6.07, 6.45) is 7.83. The molecule has 0 unspecified atom stereocenters. The Morgan fingerprint density at radius 1 is 1.33 bits per heavy atom. The first kappa shape index (κ1) is 11.8. The maximum absolute atomic E-state index is 11.9. The van der Waals surface area contributed by atoms with Crippen molar-refractivity contribution in [2.75, 3.05) is 13.1 Å². The fourth-order valence-electron chi connectivity index (χ4n) is 2.55. The van der Waals surface area contributed by atoms with Crippen LogP contribution in [-0.2, 0) is 11.3 Å². The highest BCUT2D eigenvalue weighted by Crippen LogP contribution is 2.31. The molecule has 0 bridgehead atoms. The Bertz CT molecular complexity index is 390. The van der Waals surface area contributed by atoms with E-state index in [9.17, 15) is 4.79 Å². The highest BCUT2D eigenvalue weighted by Gasteiger charge is 2.34. The Labute approximate surface area is 107 Å². The van der Waals surface area contributed by atoms with E-state index in [-0.39, 0.29) is 0 Å². The molecule has 1 saturated heterocycles. The van der Waals surface area contributed by atoms with Gasteiger partial charge >= 0.3 is 0 Å². The van der Waals surface area contributed by atoms with Gasteiger partial charge in [-0.05, 0) is 31.7 Å².